The monoisotopic (exact) mass is 227 g/mol. The third kappa shape index (κ3) is 2.29. The van der Waals surface area contributed by atoms with E-state index >= 15 is 0 Å². The Kier molecular flexibility index (Phi) is 2.65. The van der Waals surface area contributed by atoms with E-state index in [1.54, 1.807) is 0 Å². The SMILES string of the molecule is C[C@@H]1C[C@@H]1C(=O)Nc1ccc(F)c(Cl)c1. The molecule has 2 nitrogen and oxygen atoms in total. The van der Waals surface area contributed by atoms with Crippen molar-refractivity contribution in [1.82, 2.24) is 0 Å². The van der Waals surface area contributed by atoms with E-state index in [1.807, 2.05) is 6.92 Å². The molecule has 0 aliphatic heterocycles. The minimum Gasteiger partial charge on any atom is -0.326 e. The summed E-state index contributed by atoms with van der Waals surface area (Å²) in [7, 11) is 0. The number of benzene rings is 1. The maximum absolute atomic E-state index is 12.8. The molecule has 15 heavy (non-hydrogen) atoms. The summed E-state index contributed by atoms with van der Waals surface area (Å²) in [4.78, 5) is 11.5. The molecule has 1 amide bonds. The van der Waals surface area contributed by atoms with Crippen molar-refractivity contribution in [2.75, 3.05) is 5.32 Å². The Labute approximate surface area is 92.4 Å². The summed E-state index contributed by atoms with van der Waals surface area (Å²) in [6.07, 6.45) is 0.931. The molecular weight excluding hydrogens is 217 g/mol. The van der Waals surface area contributed by atoms with Gasteiger partial charge in [0.25, 0.3) is 0 Å². The molecule has 2 atom stereocenters. The highest BCUT2D eigenvalue weighted by atomic mass is 35.5. The summed E-state index contributed by atoms with van der Waals surface area (Å²) in [5, 5.41) is 2.74. The second-order valence-electron chi connectivity index (χ2n) is 3.94. The lowest BCUT2D eigenvalue weighted by Crippen LogP contribution is -2.14. The van der Waals surface area contributed by atoms with Crippen LogP contribution in [0.25, 0.3) is 0 Å². The van der Waals surface area contributed by atoms with Gasteiger partial charge < -0.3 is 5.32 Å². The summed E-state index contributed by atoms with van der Waals surface area (Å²) >= 11 is 5.59. The lowest BCUT2D eigenvalue weighted by Gasteiger charge is -2.04. The summed E-state index contributed by atoms with van der Waals surface area (Å²) in [6.45, 7) is 2.03. The number of halogens is 2. The van der Waals surface area contributed by atoms with E-state index in [4.69, 9.17) is 11.6 Å². The smallest absolute Gasteiger partial charge is 0.227 e. The Bertz CT molecular complexity index is 408. The van der Waals surface area contributed by atoms with E-state index < -0.39 is 5.82 Å². The molecule has 0 saturated heterocycles. The van der Waals surface area contributed by atoms with Gasteiger partial charge in [-0.25, -0.2) is 4.39 Å². The average Bonchev–Trinajstić information content (AvgIpc) is 2.89. The summed E-state index contributed by atoms with van der Waals surface area (Å²) < 4.78 is 12.8. The molecule has 0 spiro atoms. The third-order valence-corrected chi connectivity index (χ3v) is 2.92. The molecule has 1 saturated carbocycles. The molecular formula is C11H11ClFNO. The first-order valence-electron chi connectivity index (χ1n) is 4.84. The number of anilines is 1. The average molecular weight is 228 g/mol. The van der Waals surface area contributed by atoms with Gasteiger partial charge in [-0.2, -0.15) is 0 Å². The Morgan fingerprint density at radius 1 is 1.60 bits per heavy atom. The van der Waals surface area contributed by atoms with Crippen LogP contribution in [-0.2, 0) is 4.79 Å². The molecule has 0 aromatic heterocycles. The predicted octanol–water partition coefficient (Wildman–Crippen LogP) is 3.07. The minimum atomic E-state index is -0.477. The highest BCUT2D eigenvalue weighted by Gasteiger charge is 2.39. The molecule has 80 valence electrons. The first kappa shape index (κ1) is 10.4. The first-order valence-corrected chi connectivity index (χ1v) is 5.21. The van der Waals surface area contributed by atoms with Crippen molar-refractivity contribution in [3.63, 3.8) is 0 Å². The van der Waals surface area contributed by atoms with E-state index in [0.717, 1.165) is 6.42 Å². The molecule has 1 aromatic carbocycles. The van der Waals surface area contributed by atoms with Crippen molar-refractivity contribution < 1.29 is 9.18 Å². The molecule has 1 aromatic rings. The summed E-state index contributed by atoms with van der Waals surface area (Å²) in [5.74, 6) is 0.0781. The topological polar surface area (TPSA) is 29.1 Å². The zero-order valence-electron chi connectivity index (χ0n) is 8.26. The minimum absolute atomic E-state index is 0.00910. The molecule has 1 N–H and O–H groups in total. The Morgan fingerprint density at radius 2 is 2.27 bits per heavy atom. The summed E-state index contributed by atoms with van der Waals surface area (Å²) in [6, 6.07) is 4.17. The van der Waals surface area contributed by atoms with E-state index in [0.29, 0.717) is 11.6 Å². The van der Waals surface area contributed by atoms with Gasteiger partial charge in [0.15, 0.2) is 0 Å². The lowest BCUT2D eigenvalue weighted by atomic mass is 10.2. The van der Waals surface area contributed by atoms with Crippen molar-refractivity contribution in [3.05, 3.63) is 29.0 Å². The molecule has 1 fully saturated rings. The van der Waals surface area contributed by atoms with Crippen LogP contribution in [0.5, 0.6) is 0 Å². The van der Waals surface area contributed by atoms with Gasteiger partial charge in [-0.15, -0.1) is 0 Å². The van der Waals surface area contributed by atoms with Gasteiger partial charge in [0.05, 0.1) is 5.02 Å². The van der Waals surface area contributed by atoms with Gasteiger partial charge in [-0.05, 0) is 30.5 Å². The van der Waals surface area contributed by atoms with Gasteiger partial charge in [0.2, 0.25) is 5.91 Å². The lowest BCUT2D eigenvalue weighted by molar-refractivity contribution is -0.117. The number of amides is 1. The zero-order valence-corrected chi connectivity index (χ0v) is 9.01. The molecule has 4 heteroatoms. The molecule has 0 bridgehead atoms. The summed E-state index contributed by atoms with van der Waals surface area (Å²) in [5.41, 5.74) is 0.547. The van der Waals surface area contributed by atoms with Crippen LogP contribution in [-0.4, -0.2) is 5.91 Å². The first-order chi connectivity index (χ1) is 7.08. The standard InChI is InChI=1S/C11H11ClFNO/c1-6-4-8(6)11(15)14-7-2-3-10(13)9(12)5-7/h2-3,5-6,8H,4H2,1H3,(H,14,15)/t6-,8+/m1/s1. The fourth-order valence-corrected chi connectivity index (χ4v) is 1.68. The zero-order chi connectivity index (χ0) is 11.0. The third-order valence-electron chi connectivity index (χ3n) is 2.63. The van der Waals surface area contributed by atoms with Gasteiger partial charge in [-0.3, -0.25) is 4.79 Å². The van der Waals surface area contributed by atoms with Crippen LogP contribution < -0.4 is 5.32 Å². The molecule has 0 heterocycles. The maximum Gasteiger partial charge on any atom is 0.227 e. The molecule has 0 radical (unpaired) electrons. The van der Waals surface area contributed by atoms with Crippen molar-refractivity contribution >= 4 is 23.2 Å². The predicted molar refractivity (Wildman–Crippen MR) is 57.3 cm³/mol. The number of hydrogen-bond donors (Lipinski definition) is 1. The second-order valence-corrected chi connectivity index (χ2v) is 4.34. The van der Waals surface area contributed by atoms with Crippen LogP contribution in [0.1, 0.15) is 13.3 Å². The fourth-order valence-electron chi connectivity index (χ4n) is 1.50. The van der Waals surface area contributed by atoms with Crippen LogP contribution in [0.2, 0.25) is 5.02 Å². The highest BCUT2D eigenvalue weighted by molar-refractivity contribution is 6.31. The normalized spacial score (nSPS) is 23.7. The van der Waals surface area contributed by atoms with E-state index in [2.05, 4.69) is 5.32 Å². The Morgan fingerprint density at radius 3 is 2.80 bits per heavy atom. The second kappa shape index (κ2) is 3.81. The van der Waals surface area contributed by atoms with Crippen molar-refractivity contribution in [2.45, 2.75) is 13.3 Å². The van der Waals surface area contributed by atoms with Gasteiger partial charge in [0.1, 0.15) is 5.82 Å². The number of carbonyl (C=O) groups is 1. The van der Waals surface area contributed by atoms with E-state index in [1.165, 1.54) is 18.2 Å². The van der Waals surface area contributed by atoms with Crippen molar-refractivity contribution in [2.24, 2.45) is 11.8 Å². The Balaban J connectivity index is 2.04. The highest BCUT2D eigenvalue weighted by Crippen LogP contribution is 2.38. The number of hydrogen-bond acceptors (Lipinski definition) is 1. The molecule has 1 aliphatic carbocycles. The van der Waals surface area contributed by atoms with Gasteiger partial charge in [0, 0.05) is 11.6 Å². The number of rotatable bonds is 2. The van der Waals surface area contributed by atoms with E-state index in [-0.39, 0.29) is 16.8 Å². The fraction of sp³-hybridized carbons (Fsp3) is 0.364. The largest absolute Gasteiger partial charge is 0.326 e. The van der Waals surface area contributed by atoms with Gasteiger partial charge >= 0.3 is 0 Å². The quantitative estimate of drug-likeness (QED) is 0.827. The van der Waals surface area contributed by atoms with Crippen molar-refractivity contribution in [1.29, 1.82) is 0 Å². The van der Waals surface area contributed by atoms with E-state index in [9.17, 15) is 9.18 Å². The van der Waals surface area contributed by atoms with Crippen LogP contribution >= 0.6 is 11.6 Å². The van der Waals surface area contributed by atoms with Crippen LogP contribution in [0.3, 0.4) is 0 Å². The number of carbonyl (C=O) groups excluding carboxylic acids is 1. The van der Waals surface area contributed by atoms with Gasteiger partial charge in [-0.1, -0.05) is 18.5 Å². The maximum atomic E-state index is 12.8. The van der Waals surface area contributed by atoms with Crippen LogP contribution in [0.15, 0.2) is 18.2 Å². The molecule has 1 aliphatic rings. The number of nitrogens with one attached hydrogen (secondary N) is 1. The molecule has 0 unspecified atom stereocenters. The van der Waals surface area contributed by atoms with Crippen LogP contribution in [0.4, 0.5) is 10.1 Å². The Hall–Kier alpha value is -1.09. The van der Waals surface area contributed by atoms with Crippen LogP contribution in [0, 0.1) is 17.7 Å². The molecule has 2 rings (SSSR count). The van der Waals surface area contributed by atoms with Crippen molar-refractivity contribution in [3.8, 4) is 0 Å².